The van der Waals surface area contributed by atoms with Gasteiger partial charge in [0.05, 0.1) is 12.4 Å². The Labute approximate surface area is 134 Å². The number of nitrogens with zero attached hydrogens (tertiary/aromatic N) is 5. The fourth-order valence-corrected chi connectivity index (χ4v) is 4.08. The molecule has 0 unspecified atom stereocenters. The smallest absolute Gasteiger partial charge is 0.167 e. The highest BCUT2D eigenvalue weighted by Gasteiger charge is 2.47. The Morgan fingerprint density at radius 1 is 1.30 bits per heavy atom. The lowest BCUT2D eigenvalue weighted by Crippen LogP contribution is -2.76. The van der Waals surface area contributed by atoms with E-state index in [4.69, 9.17) is 10.5 Å². The number of nitrogen functional groups attached to an aromatic ring is 1. The second-order valence-corrected chi connectivity index (χ2v) is 7.00. The normalized spacial score (nSPS) is 29.7. The van der Waals surface area contributed by atoms with Crippen molar-refractivity contribution in [2.75, 3.05) is 31.9 Å². The summed E-state index contributed by atoms with van der Waals surface area (Å²) in [5.41, 5.74) is 7.70. The van der Waals surface area contributed by atoms with Crippen LogP contribution in [0.2, 0.25) is 0 Å². The zero-order valence-electron chi connectivity index (χ0n) is 13.0. The lowest BCUT2D eigenvalue weighted by molar-refractivity contribution is -0.0585. The van der Waals surface area contributed by atoms with Crippen molar-refractivity contribution in [1.29, 1.82) is 0 Å². The maximum Gasteiger partial charge on any atom is 0.167 e. The summed E-state index contributed by atoms with van der Waals surface area (Å²) in [5, 5.41) is 3.55. The van der Waals surface area contributed by atoms with E-state index >= 15 is 0 Å². The van der Waals surface area contributed by atoms with Gasteiger partial charge in [-0.15, -0.1) is 0 Å². The number of anilines is 1. The predicted octanol–water partition coefficient (Wildman–Crippen LogP) is 0.134. The lowest BCUT2D eigenvalue weighted by atomic mass is 9.80. The van der Waals surface area contributed by atoms with E-state index in [1.807, 2.05) is 4.57 Å². The van der Waals surface area contributed by atoms with Crippen molar-refractivity contribution in [3.63, 3.8) is 0 Å². The number of nitrogens with two attached hydrogens (primary N) is 1. The third-order valence-corrected chi connectivity index (χ3v) is 5.40. The van der Waals surface area contributed by atoms with Crippen LogP contribution in [-0.2, 0) is 4.74 Å². The van der Waals surface area contributed by atoms with E-state index in [0.717, 1.165) is 38.1 Å². The van der Waals surface area contributed by atoms with Crippen LogP contribution >= 0.6 is 0 Å². The molecule has 5 heterocycles. The Bertz CT molecular complexity index is 733. The summed E-state index contributed by atoms with van der Waals surface area (Å²) in [7, 11) is 0. The van der Waals surface area contributed by atoms with Gasteiger partial charge >= 0.3 is 0 Å². The molecular formula is C15H21N7O. The molecule has 5 rings (SSSR count). The van der Waals surface area contributed by atoms with Gasteiger partial charge in [-0.25, -0.2) is 15.0 Å². The maximum absolute atomic E-state index is 6.24. The van der Waals surface area contributed by atoms with Gasteiger partial charge < -0.3 is 15.8 Å². The molecule has 0 aromatic carbocycles. The standard InChI is InChI=1S/C15H21N7O/c16-13-12-14(18-8-17-13)22(9-19-12)11-2-1-10(23-11)5-21-6-15(7-21)3-4-20-15/h8-11,20H,1-7H2,(H2,16,17,18)/t10-,11+/m0/s1. The highest BCUT2D eigenvalue weighted by molar-refractivity contribution is 5.81. The number of fused-ring (bicyclic) bond motifs is 1. The number of hydrogen-bond donors (Lipinski definition) is 2. The van der Waals surface area contributed by atoms with Gasteiger partial charge in [0.2, 0.25) is 0 Å². The first-order valence-corrected chi connectivity index (χ1v) is 8.28. The number of imidazole rings is 1. The monoisotopic (exact) mass is 315 g/mol. The van der Waals surface area contributed by atoms with Crippen LogP contribution in [0, 0.1) is 0 Å². The molecule has 3 N–H and O–H groups in total. The number of likely N-dealkylation sites (tertiary alicyclic amines) is 1. The van der Waals surface area contributed by atoms with E-state index in [-0.39, 0.29) is 12.3 Å². The Balaban J connectivity index is 1.25. The van der Waals surface area contributed by atoms with Gasteiger partial charge in [-0.05, 0) is 25.8 Å². The maximum atomic E-state index is 6.24. The van der Waals surface area contributed by atoms with Crippen LogP contribution in [0.1, 0.15) is 25.5 Å². The van der Waals surface area contributed by atoms with Crippen molar-refractivity contribution in [3.05, 3.63) is 12.7 Å². The number of nitrogens with one attached hydrogen (secondary N) is 1. The Morgan fingerprint density at radius 2 is 2.17 bits per heavy atom. The van der Waals surface area contributed by atoms with E-state index < -0.39 is 0 Å². The molecule has 2 atom stereocenters. The zero-order chi connectivity index (χ0) is 15.4. The van der Waals surface area contributed by atoms with Crippen molar-refractivity contribution >= 4 is 17.0 Å². The molecule has 3 fully saturated rings. The van der Waals surface area contributed by atoms with Gasteiger partial charge in [-0.3, -0.25) is 9.47 Å². The Morgan fingerprint density at radius 3 is 2.96 bits per heavy atom. The predicted molar refractivity (Wildman–Crippen MR) is 84.7 cm³/mol. The lowest BCUT2D eigenvalue weighted by Gasteiger charge is -2.57. The van der Waals surface area contributed by atoms with Crippen LogP contribution in [0.5, 0.6) is 0 Å². The molecule has 122 valence electrons. The topological polar surface area (TPSA) is 94.1 Å². The first-order valence-electron chi connectivity index (χ1n) is 8.28. The molecular weight excluding hydrogens is 294 g/mol. The molecule has 1 spiro atoms. The highest BCUT2D eigenvalue weighted by atomic mass is 16.5. The van der Waals surface area contributed by atoms with Crippen molar-refractivity contribution in [2.24, 2.45) is 0 Å². The van der Waals surface area contributed by atoms with E-state index in [1.54, 1.807) is 6.33 Å². The quantitative estimate of drug-likeness (QED) is 0.831. The van der Waals surface area contributed by atoms with Crippen LogP contribution in [-0.4, -0.2) is 62.2 Å². The van der Waals surface area contributed by atoms with E-state index in [1.165, 1.54) is 19.3 Å². The number of hydrogen-bond acceptors (Lipinski definition) is 7. The van der Waals surface area contributed by atoms with Crippen molar-refractivity contribution < 1.29 is 4.74 Å². The first kappa shape index (κ1) is 13.6. The van der Waals surface area contributed by atoms with Gasteiger partial charge in [0.1, 0.15) is 18.1 Å². The summed E-state index contributed by atoms with van der Waals surface area (Å²) in [6.45, 7) is 4.52. The summed E-state index contributed by atoms with van der Waals surface area (Å²) >= 11 is 0. The van der Waals surface area contributed by atoms with Crippen LogP contribution in [0.4, 0.5) is 5.82 Å². The third kappa shape index (κ3) is 2.13. The van der Waals surface area contributed by atoms with Gasteiger partial charge in [-0.2, -0.15) is 0 Å². The molecule has 0 radical (unpaired) electrons. The van der Waals surface area contributed by atoms with Crippen molar-refractivity contribution in [2.45, 2.75) is 37.1 Å². The van der Waals surface area contributed by atoms with E-state index in [9.17, 15) is 0 Å². The summed E-state index contributed by atoms with van der Waals surface area (Å²) in [6.07, 6.45) is 6.90. The molecule has 8 nitrogen and oxygen atoms in total. The number of aromatic nitrogens is 4. The molecule has 3 aliphatic rings. The van der Waals surface area contributed by atoms with E-state index in [0.29, 0.717) is 16.9 Å². The molecule has 0 aliphatic carbocycles. The minimum absolute atomic E-state index is 0.00337. The molecule has 0 bridgehead atoms. The molecule has 2 aromatic rings. The minimum atomic E-state index is -0.00337. The second-order valence-electron chi connectivity index (χ2n) is 7.00. The number of rotatable bonds is 3. The zero-order valence-corrected chi connectivity index (χ0v) is 13.0. The average Bonchev–Trinajstić information content (AvgIpc) is 3.07. The van der Waals surface area contributed by atoms with Gasteiger partial charge in [0.15, 0.2) is 11.5 Å². The van der Waals surface area contributed by atoms with Crippen LogP contribution in [0.25, 0.3) is 11.2 Å². The summed E-state index contributed by atoms with van der Waals surface area (Å²) in [4.78, 5) is 15.1. The molecule has 8 heteroatoms. The van der Waals surface area contributed by atoms with Gasteiger partial charge in [0.25, 0.3) is 0 Å². The minimum Gasteiger partial charge on any atom is -0.382 e. The molecule has 2 aromatic heterocycles. The summed E-state index contributed by atoms with van der Waals surface area (Å²) < 4.78 is 8.22. The molecule has 3 saturated heterocycles. The average molecular weight is 315 g/mol. The Kier molecular flexibility index (Phi) is 2.88. The van der Waals surface area contributed by atoms with E-state index in [2.05, 4.69) is 25.2 Å². The van der Waals surface area contributed by atoms with Crippen LogP contribution in [0.15, 0.2) is 12.7 Å². The van der Waals surface area contributed by atoms with Crippen molar-refractivity contribution in [3.8, 4) is 0 Å². The molecule has 0 amide bonds. The summed E-state index contributed by atoms with van der Waals surface area (Å²) in [5.74, 6) is 0.419. The molecule has 23 heavy (non-hydrogen) atoms. The van der Waals surface area contributed by atoms with Gasteiger partial charge in [0, 0.05) is 25.2 Å². The van der Waals surface area contributed by atoms with Crippen LogP contribution in [0.3, 0.4) is 0 Å². The largest absolute Gasteiger partial charge is 0.382 e. The molecule has 0 saturated carbocycles. The van der Waals surface area contributed by atoms with Gasteiger partial charge in [-0.1, -0.05) is 0 Å². The van der Waals surface area contributed by atoms with Crippen LogP contribution < -0.4 is 11.1 Å². The summed E-state index contributed by atoms with van der Waals surface area (Å²) in [6, 6.07) is 0. The Hall–Kier alpha value is -1.77. The second kappa shape index (κ2) is 4.86. The number of ether oxygens (including phenoxy) is 1. The molecule has 3 aliphatic heterocycles. The fraction of sp³-hybridized carbons (Fsp3) is 0.667. The first-order chi connectivity index (χ1) is 11.2. The van der Waals surface area contributed by atoms with Crippen molar-refractivity contribution in [1.82, 2.24) is 29.7 Å². The SMILES string of the molecule is Nc1ncnc2c1ncn2[C@H]1CC[C@@H](CN2CC3(CCN3)C2)O1. The third-order valence-electron chi connectivity index (χ3n) is 5.40. The fourth-order valence-electron chi connectivity index (χ4n) is 4.08. The highest BCUT2D eigenvalue weighted by Crippen LogP contribution is 2.34.